The van der Waals surface area contributed by atoms with Gasteiger partial charge in [-0.25, -0.2) is 15.0 Å². The zero-order valence-electron chi connectivity index (χ0n) is 19.7. The Balaban J connectivity index is 1.35. The summed E-state index contributed by atoms with van der Waals surface area (Å²) in [6.45, 7) is -1.21. The first kappa shape index (κ1) is 23.3. The van der Waals surface area contributed by atoms with Crippen LogP contribution in [-0.2, 0) is 4.79 Å². The third-order valence-corrected chi connectivity index (χ3v) is 6.87. The Kier molecular flexibility index (Phi) is 5.91. The number of aliphatic hydroxyl groups is 1. The fourth-order valence-electron chi connectivity index (χ4n) is 5.14. The fourth-order valence-corrected chi connectivity index (χ4v) is 5.14. The lowest BCUT2D eigenvalue weighted by Gasteiger charge is -2.19. The highest BCUT2D eigenvalue weighted by atomic mass is 19.3. The van der Waals surface area contributed by atoms with Crippen LogP contribution in [0.15, 0.2) is 55.0 Å². The third-order valence-electron chi connectivity index (χ3n) is 6.87. The number of anilines is 1. The average Bonchev–Trinajstić information content (AvgIpc) is 3.34. The number of alkyl halides is 2. The van der Waals surface area contributed by atoms with Gasteiger partial charge in [-0.05, 0) is 24.6 Å². The number of nitrogens with one attached hydrogen (secondary N) is 1. The molecule has 0 bridgehead atoms. The SMILES string of the molecule is O=C1CCN(c2ncc(-c3ccc4nc5c(n4c3)C(c3ccccc3OC(F)F)CC5O)cn2)CCN1. The number of pyridine rings is 1. The molecule has 4 heterocycles. The van der Waals surface area contributed by atoms with Gasteiger partial charge in [-0.1, -0.05) is 18.2 Å². The second kappa shape index (κ2) is 9.40. The Morgan fingerprint density at radius 2 is 1.89 bits per heavy atom. The van der Waals surface area contributed by atoms with E-state index in [1.165, 1.54) is 6.07 Å². The maximum atomic E-state index is 13.1. The predicted molar refractivity (Wildman–Crippen MR) is 131 cm³/mol. The molecule has 2 unspecified atom stereocenters. The van der Waals surface area contributed by atoms with Gasteiger partial charge in [0, 0.05) is 67.3 Å². The lowest BCUT2D eigenvalue weighted by molar-refractivity contribution is -0.120. The van der Waals surface area contributed by atoms with Crippen molar-refractivity contribution in [1.82, 2.24) is 24.7 Å². The summed E-state index contributed by atoms with van der Waals surface area (Å²) in [5, 5.41) is 13.6. The van der Waals surface area contributed by atoms with E-state index < -0.39 is 12.7 Å². The molecule has 1 saturated heterocycles. The summed E-state index contributed by atoms with van der Waals surface area (Å²) >= 11 is 0. The summed E-state index contributed by atoms with van der Waals surface area (Å²) in [7, 11) is 0. The number of halogens is 2. The van der Waals surface area contributed by atoms with Crippen LogP contribution in [0.3, 0.4) is 0 Å². The second-order valence-corrected chi connectivity index (χ2v) is 9.11. The van der Waals surface area contributed by atoms with Gasteiger partial charge in [0.15, 0.2) is 0 Å². The van der Waals surface area contributed by atoms with Gasteiger partial charge in [0.2, 0.25) is 11.9 Å². The number of ether oxygens (including phenoxy) is 1. The largest absolute Gasteiger partial charge is 0.435 e. The standard InChI is InChI=1S/C26H24F2N6O3/c27-25(28)37-20-4-2-1-3-17(20)18-11-19(35)23-24(18)34-14-15(5-6-21(34)32-23)16-12-30-26(31-13-16)33-9-7-22(36)29-8-10-33/h1-6,12-14,18-19,25,35H,7-11H2,(H,29,36). The molecule has 190 valence electrons. The maximum Gasteiger partial charge on any atom is 0.387 e. The molecule has 6 rings (SSSR count). The van der Waals surface area contributed by atoms with Gasteiger partial charge in [-0.15, -0.1) is 0 Å². The Morgan fingerprint density at radius 1 is 1.08 bits per heavy atom. The molecule has 4 aromatic rings. The van der Waals surface area contributed by atoms with Crippen LogP contribution in [0.1, 0.15) is 41.8 Å². The minimum atomic E-state index is -2.95. The van der Waals surface area contributed by atoms with E-state index in [1.807, 2.05) is 27.6 Å². The highest BCUT2D eigenvalue weighted by molar-refractivity contribution is 5.77. The molecule has 9 nitrogen and oxygen atoms in total. The van der Waals surface area contributed by atoms with Crippen molar-refractivity contribution in [1.29, 1.82) is 0 Å². The van der Waals surface area contributed by atoms with Crippen LogP contribution in [-0.4, -0.2) is 56.6 Å². The van der Waals surface area contributed by atoms with Crippen molar-refractivity contribution in [3.05, 3.63) is 71.9 Å². The lowest BCUT2D eigenvalue weighted by Crippen LogP contribution is -2.29. The van der Waals surface area contributed by atoms with E-state index in [0.29, 0.717) is 55.3 Å². The summed E-state index contributed by atoms with van der Waals surface area (Å²) in [4.78, 5) is 27.3. The summed E-state index contributed by atoms with van der Waals surface area (Å²) in [6, 6.07) is 10.4. The van der Waals surface area contributed by atoms with Crippen LogP contribution in [0, 0.1) is 0 Å². The fraction of sp³-hybridized carbons (Fsp3) is 0.308. The molecule has 0 radical (unpaired) electrons. The minimum Gasteiger partial charge on any atom is -0.435 e. The summed E-state index contributed by atoms with van der Waals surface area (Å²) in [6.07, 6.45) is 5.26. The van der Waals surface area contributed by atoms with Crippen molar-refractivity contribution in [2.45, 2.75) is 31.5 Å². The molecule has 1 aromatic carbocycles. The Labute approximate surface area is 210 Å². The molecule has 2 atom stereocenters. The van der Waals surface area contributed by atoms with E-state index in [-0.39, 0.29) is 17.6 Å². The number of rotatable bonds is 5. The number of aliphatic hydroxyl groups excluding tert-OH is 1. The zero-order chi connectivity index (χ0) is 25.5. The second-order valence-electron chi connectivity index (χ2n) is 9.11. The summed E-state index contributed by atoms with van der Waals surface area (Å²) < 4.78 is 32.8. The highest BCUT2D eigenvalue weighted by Gasteiger charge is 2.37. The molecule has 2 aliphatic rings. The third kappa shape index (κ3) is 4.35. The lowest BCUT2D eigenvalue weighted by atomic mass is 9.95. The normalized spacial score (nSPS) is 19.7. The quantitative estimate of drug-likeness (QED) is 0.428. The van der Waals surface area contributed by atoms with Crippen LogP contribution in [0.5, 0.6) is 5.75 Å². The van der Waals surface area contributed by atoms with Gasteiger partial charge < -0.3 is 24.5 Å². The number of carbonyl (C=O) groups is 1. The maximum absolute atomic E-state index is 13.1. The number of imidazole rings is 1. The molecule has 1 fully saturated rings. The number of fused-ring (bicyclic) bond motifs is 3. The van der Waals surface area contributed by atoms with Gasteiger partial charge in [-0.3, -0.25) is 4.79 Å². The van der Waals surface area contributed by atoms with Crippen molar-refractivity contribution in [3.8, 4) is 16.9 Å². The Hall–Kier alpha value is -4.12. The summed E-state index contributed by atoms with van der Waals surface area (Å²) in [5.74, 6) is 0.294. The number of aromatic nitrogens is 4. The Bertz CT molecular complexity index is 1460. The molecule has 37 heavy (non-hydrogen) atoms. The van der Waals surface area contributed by atoms with E-state index in [0.717, 1.165) is 16.8 Å². The highest BCUT2D eigenvalue weighted by Crippen LogP contribution is 2.47. The van der Waals surface area contributed by atoms with Crippen molar-refractivity contribution in [2.75, 3.05) is 24.5 Å². The van der Waals surface area contributed by atoms with Crippen LogP contribution < -0.4 is 15.0 Å². The number of nitrogens with zero attached hydrogens (tertiary/aromatic N) is 5. The van der Waals surface area contributed by atoms with E-state index in [4.69, 9.17) is 4.74 Å². The minimum absolute atomic E-state index is 0.0205. The molecule has 1 amide bonds. The number of benzene rings is 1. The molecule has 2 N–H and O–H groups in total. The smallest absolute Gasteiger partial charge is 0.387 e. The van der Waals surface area contributed by atoms with Gasteiger partial charge in [0.25, 0.3) is 0 Å². The van der Waals surface area contributed by atoms with Crippen LogP contribution in [0.4, 0.5) is 14.7 Å². The number of hydrogen-bond acceptors (Lipinski definition) is 7. The first-order chi connectivity index (χ1) is 18.0. The molecule has 1 aliphatic carbocycles. The number of carbonyl (C=O) groups excluding carboxylic acids is 1. The molecule has 0 spiro atoms. The number of para-hydroxylation sites is 1. The molecule has 3 aromatic heterocycles. The van der Waals surface area contributed by atoms with Gasteiger partial charge in [0.05, 0.1) is 17.5 Å². The predicted octanol–water partition coefficient (Wildman–Crippen LogP) is 3.29. The average molecular weight is 507 g/mol. The summed E-state index contributed by atoms with van der Waals surface area (Å²) in [5.41, 5.74) is 4.12. The van der Waals surface area contributed by atoms with E-state index in [1.54, 1.807) is 30.6 Å². The van der Waals surface area contributed by atoms with Crippen LogP contribution in [0.2, 0.25) is 0 Å². The van der Waals surface area contributed by atoms with Crippen molar-refractivity contribution >= 4 is 17.5 Å². The first-order valence-corrected chi connectivity index (χ1v) is 12.1. The van der Waals surface area contributed by atoms with E-state index in [2.05, 4.69) is 20.3 Å². The molecule has 1 aliphatic heterocycles. The van der Waals surface area contributed by atoms with Crippen molar-refractivity contribution in [3.63, 3.8) is 0 Å². The van der Waals surface area contributed by atoms with Gasteiger partial charge >= 0.3 is 6.61 Å². The Morgan fingerprint density at radius 3 is 2.70 bits per heavy atom. The van der Waals surface area contributed by atoms with E-state index in [9.17, 15) is 18.7 Å². The van der Waals surface area contributed by atoms with E-state index >= 15 is 0 Å². The van der Waals surface area contributed by atoms with Crippen molar-refractivity contribution < 1.29 is 23.4 Å². The van der Waals surface area contributed by atoms with Crippen molar-refractivity contribution in [2.24, 2.45) is 0 Å². The molecule has 0 saturated carbocycles. The molecule has 11 heteroatoms. The molecular formula is C26H24F2N6O3. The monoisotopic (exact) mass is 506 g/mol. The first-order valence-electron chi connectivity index (χ1n) is 12.1. The number of amides is 1. The number of hydrogen-bond donors (Lipinski definition) is 2. The van der Waals surface area contributed by atoms with Crippen LogP contribution in [0.25, 0.3) is 16.8 Å². The zero-order valence-corrected chi connectivity index (χ0v) is 19.7. The topological polar surface area (TPSA) is 105 Å². The van der Waals surface area contributed by atoms with Gasteiger partial charge in [-0.2, -0.15) is 8.78 Å². The van der Waals surface area contributed by atoms with Gasteiger partial charge in [0.1, 0.15) is 11.4 Å². The molecular weight excluding hydrogens is 482 g/mol. The van der Waals surface area contributed by atoms with Crippen LogP contribution >= 0.6 is 0 Å².